The fourth-order valence-corrected chi connectivity index (χ4v) is 2.06. The molecule has 0 aromatic heterocycles. The first kappa shape index (κ1) is 14.6. The average molecular weight is 232 g/mol. The molecule has 0 atom stereocenters. The van der Waals surface area contributed by atoms with Crippen LogP contribution < -0.4 is 29.6 Å². The van der Waals surface area contributed by atoms with Gasteiger partial charge in [0, 0.05) is 0 Å². The van der Waals surface area contributed by atoms with Crippen LogP contribution >= 0.6 is 0 Å². The van der Waals surface area contributed by atoms with E-state index in [-0.39, 0.29) is 34.5 Å². The van der Waals surface area contributed by atoms with Crippen LogP contribution in [0.1, 0.15) is 11.1 Å². The molecule has 5 heteroatoms. The molecule has 0 saturated heterocycles. The molecule has 74 valence electrons. The van der Waals surface area contributed by atoms with E-state index < -0.39 is 10.1 Å². The molecule has 1 rings (SSSR count). The topological polar surface area (TPSA) is 57.2 Å². The fourth-order valence-electron chi connectivity index (χ4n) is 1.18. The van der Waals surface area contributed by atoms with Crippen molar-refractivity contribution in [1.82, 2.24) is 0 Å². The summed E-state index contributed by atoms with van der Waals surface area (Å²) in [4.78, 5) is -0.259. The first-order valence-electron chi connectivity index (χ1n) is 3.84. The Balaban J connectivity index is 0.00000196. The van der Waals surface area contributed by atoms with Gasteiger partial charge < -0.3 is 4.55 Å². The Morgan fingerprint density at radius 2 is 1.53 bits per heavy atom. The zero-order valence-electron chi connectivity index (χ0n) is 8.43. The summed E-state index contributed by atoms with van der Waals surface area (Å²) in [7, 11) is -4.48. The Morgan fingerprint density at radius 1 is 1.13 bits per heavy atom. The van der Waals surface area contributed by atoms with Crippen molar-refractivity contribution in [2.24, 2.45) is 0 Å². The van der Waals surface area contributed by atoms with Gasteiger partial charge in [-0.2, -0.15) is 0 Å². The number of hydrogen-bond acceptors (Lipinski definition) is 3. The quantitative estimate of drug-likeness (QED) is 0.490. The Kier molecular flexibility index (Phi) is 5.48. The monoisotopic (exact) mass is 232 g/mol. The first-order valence-corrected chi connectivity index (χ1v) is 5.25. The Labute approximate surface area is 112 Å². The van der Waals surface area contributed by atoms with Crippen molar-refractivity contribution in [1.29, 1.82) is 0 Å². The summed E-state index contributed by atoms with van der Waals surface area (Å²) in [6.45, 7) is 6.89. The maximum atomic E-state index is 10.9. The fraction of sp³-hybridized carbons (Fsp3) is 0. The molecule has 1 aromatic rings. The van der Waals surface area contributed by atoms with Gasteiger partial charge in [0.25, 0.3) is 0 Å². The molecule has 0 heterocycles. The van der Waals surface area contributed by atoms with E-state index in [4.69, 9.17) is 0 Å². The van der Waals surface area contributed by atoms with Crippen LogP contribution in [0, 0.1) is 0 Å². The van der Waals surface area contributed by atoms with E-state index in [1.807, 2.05) is 0 Å². The van der Waals surface area contributed by atoms with Crippen LogP contribution in [0.3, 0.4) is 0 Å². The van der Waals surface area contributed by atoms with Gasteiger partial charge in [-0.15, -0.1) is 0 Å². The molecule has 0 aliphatic rings. The third-order valence-electron chi connectivity index (χ3n) is 1.77. The summed E-state index contributed by atoms with van der Waals surface area (Å²) in [6, 6.07) is 4.68. The standard InChI is InChI=1S/C10H10O3S.Na/c1-3-8-6-5-7-9(4-2)10(8)14(11,12)13;/h3-7H,1-2H2,(H,11,12,13);/q;+1/p-1. The summed E-state index contributed by atoms with van der Waals surface area (Å²) < 4.78 is 32.8. The summed E-state index contributed by atoms with van der Waals surface area (Å²) >= 11 is 0. The predicted octanol–water partition coefficient (Wildman–Crippen LogP) is -1.12. The van der Waals surface area contributed by atoms with Gasteiger partial charge in [-0.05, 0) is 11.1 Å². The predicted molar refractivity (Wildman–Crippen MR) is 54.6 cm³/mol. The smallest absolute Gasteiger partial charge is 0.744 e. The number of hydrogen-bond donors (Lipinski definition) is 0. The summed E-state index contributed by atoms with van der Waals surface area (Å²) in [6.07, 6.45) is 2.66. The normalized spacial score (nSPS) is 10.2. The molecule has 0 saturated carbocycles. The van der Waals surface area contributed by atoms with Gasteiger partial charge in [0.2, 0.25) is 0 Å². The van der Waals surface area contributed by atoms with Crippen LogP contribution in [-0.2, 0) is 10.1 Å². The molecule has 0 aliphatic heterocycles. The van der Waals surface area contributed by atoms with Crippen molar-refractivity contribution in [3.05, 3.63) is 42.5 Å². The molecular formula is C10H9NaO3S. The van der Waals surface area contributed by atoms with Gasteiger partial charge in [0.1, 0.15) is 10.1 Å². The van der Waals surface area contributed by atoms with E-state index in [9.17, 15) is 13.0 Å². The van der Waals surface area contributed by atoms with Crippen LogP contribution in [0.2, 0.25) is 0 Å². The Morgan fingerprint density at radius 3 is 1.80 bits per heavy atom. The second-order valence-electron chi connectivity index (χ2n) is 2.63. The van der Waals surface area contributed by atoms with E-state index >= 15 is 0 Å². The molecule has 0 amide bonds. The third-order valence-corrected chi connectivity index (χ3v) is 2.74. The van der Waals surface area contributed by atoms with Gasteiger partial charge in [-0.3, -0.25) is 0 Å². The van der Waals surface area contributed by atoms with Crippen molar-refractivity contribution >= 4 is 22.3 Å². The minimum absolute atomic E-state index is 0. The van der Waals surface area contributed by atoms with Gasteiger partial charge in [-0.25, -0.2) is 8.42 Å². The van der Waals surface area contributed by atoms with Crippen LogP contribution in [0.5, 0.6) is 0 Å². The molecule has 0 radical (unpaired) electrons. The van der Waals surface area contributed by atoms with Crippen LogP contribution in [0.15, 0.2) is 36.3 Å². The largest absolute Gasteiger partial charge is 1.00 e. The second-order valence-corrected chi connectivity index (χ2v) is 3.94. The van der Waals surface area contributed by atoms with Gasteiger partial charge in [-0.1, -0.05) is 43.5 Å². The van der Waals surface area contributed by atoms with Gasteiger partial charge in [0.05, 0.1) is 4.90 Å². The molecule has 0 aliphatic carbocycles. The van der Waals surface area contributed by atoms with E-state index in [0.717, 1.165) is 0 Å². The van der Waals surface area contributed by atoms with Crippen molar-refractivity contribution in [3.8, 4) is 0 Å². The molecule has 0 bridgehead atoms. The summed E-state index contributed by atoms with van der Waals surface area (Å²) in [5, 5.41) is 0. The van der Waals surface area contributed by atoms with Crippen LogP contribution in [0.25, 0.3) is 12.2 Å². The van der Waals surface area contributed by atoms with Crippen LogP contribution in [-0.4, -0.2) is 13.0 Å². The van der Waals surface area contributed by atoms with E-state index in [1.54, 1.807) is 6.07 Å². The molecule has 0 fully saturated rings. The molecule has 15 heavy (non-hydrogen) atoms. The van der Waals surface area contributed by atoms with Crippen molar-refractivity contribution < 1.29 is 42.5 Å². The molecule has 0 unspecified atom stereocenters. The second kappa shape index (κ2) is 5.63. The van der Waals surface area contributed by atoms with Gasteiger partial charge in [0.15, 0.2) is 0 Å². The van der Waals surface area contributed by atoms with E-state index in [1.165, 1.54) is 24.3 Å². The minimum Gasteiger partial charge on any atom is -0.744 e. The maximum absolute atomic E-state index is 10.9. The molecule has 0 spiro atoms. The molecular weight excluding hydrogens is 223 g/mol. The van der Waals surface area contributed by atoms with Crippen molar-refractivity contribution in [2.45, 2.75) is 4.90 Å². The molecule has 0 N–H and O–H groups in total. The van der Waals surface area contributed by atoms with Crippen LogP contribution in [0.4, 0.5) is 0 Å². The Hall–Kier alpha value is -0.390. The van der Waals surface area contributed by atoms with Crippen molar-refractivity contribution in [3.63, 3.8) is 0 Å². The first-order chi connectivity index (χ1) is 6.50. The maximum Gasteiger partial charge on any atom is 1.00 e. The van der Waals surface area contributed by atoms with Gasteiger partial charge >= 0.3 is 29.6 Å². The minimum atomic E-state index is -4.48. The molecule has 1 aromatic carbocycles. The summed E-state index contributed by atoms with van der Waals surface area (Å²) in [5.41, 5.74) is 0.606. The van der Waals surface area contributed by atoms with Crippen molar-refractivity contribution in [2.75, 3.05) is 0 Å². The summed E-state index contributed by atoms with van der Waals surface area (Å²) in [5.74, 6) is 0. The SMILES string of the molecule is C=Cc1cccc(C=C)c1S(=O)(=O)[O-].[Na+]. The Bertz CT molecular complexity index is 451. The van der Waals surface area contributed by atoms with E-state index in [0.29, 0.717) is 11.1 Å². The molecule has 3 nitrogen and oxygen atoms in total. The van der Waals surface area contributed by atoms with E-state index in [2.05, 4.69) is 13.2 Å². The zero-order chi connectivity index (χ0) is 10.8. The third kappa shape index (κ3) is 3.29. The average Bonchev–Trinajstić information content (AvgIpc) is 2.15. The number of benzene rings is 1. The zero-order valence-corrected chi connectivity index (χ0v) is 11.3. The number of rotatable bonds is 3.